The van der Waals surface area contributed by atoms with Gasteiger partial charge < -0.3 is 10.6 Å². The van der Waals surface area contributed by atoms with Crippen LogP contribution in [0.15, 0.2) is 22.7 Å². The summed E-state index contributed by atoms with van der Waals surface area (Å²) < 4.78 is 38.4. The molecule has 1 aliphatic rings. The molecule has 2 N–H and O–H groups in total. The van der Waals surface area contributed by atoms with Gasteiger partial charge in [0.05, 0.1) is 5.56 Å². The first kappa shape index (κ1) is 15.3. The maximum Gasteiger partial charge on any atom is 0.417 e. The van der Waals surface area contributed by atoms with Gasteiger partial charge in [0, 0.05) is 29.2 Å². The van der Waals surface area contributed by atoms with Crippen molar-refractivity contribution in [2.75, 3.05) is 13.1 Å². The average molecular weight is 351 g/mol. The average Bonchev–Trinajstić information content (AvgIpc) is 2.38. The number of rotatable bonds is 1. The molecular weight excluding hydrogens is 337 g/mol. The van der Waals surface area contributed by atoms with E-state index in [0.717, 1.165) is 6.07 Å². The van der Waals surface area contributed by atoms with Crippen molar-refractivity contribution >= 4 is 21.8 Å². The lowest BCUT2D eigenvalue weighted by Crippen LogP contribution is -2.42. The third-order valence-electron chi connectivity index (χ3n) is 3.35. The van der Waals surface area contributed by atoms with Gasteiger partial charge in [0.1, 0.15) is 0 Å². The Morgan fingerprint density at radius 2 is 1.90 bits per heavy atom. The summed E-state index contributed by atoms with van der Waals surface area (Å²) in [5.41, 5.74) is 4.96. The normalized spacial score (nSPS) is 17.4. The first-order valence-electron chi connectivity index (χ1n) is 6.20. The zero-order valence-electron chi connectivity index (χ0n) is 10.6. The van der Waals surface area contributed by atoms with Crippen molar-refractivity contribution in [3.05, 3.63) is 33.8 Å². The van der Waals surface area contributed by atoms with Crippen LogP contribution in [0.1, 0.15) is 28.8 Å². The molecule has 1 heterocycles. The number of hydrogen-bond acceptors (Lipinski definition) is 2. The van der Waals surface area contributed by atoms with Gasteiger partial charge in [0.25, 0.3) is 5.91 Å². The SMILES string of the molecule is NC1CCN(C(=O)c2ccc(Br)c(C(F)(F)F)c2)CC1. The van der Waals surface area contributed by atoms with Crippen LogP contribution in [0.25, 0.3) is 0 Å². The predicted octanol–water partition coefficient (Wildman–Crippen LogP) is 3.03. The second-order valence-electron chi connectivity index (χ2n) is 4.82. The molecule has 0 spiro atoms. The number of amides is 1. The number of hydrogen-bond donors (Lipinski definition) is 1. The van der Waals surface area contributed by atoms with E-state index in [9.17, 15) is 18.0 Å². The lowest BCUT2D eigenvalue weighted by molar-refractivity contribution is -0.138. The van der Waals surface area contributed by atoms with Crippen LogP contribution in [0.3, 0.4) is 0 Å². The molecule has 2 rings (SSSR count). The van der Waals surface area contributed by atoms with E-state index >= 15 is 0 Å². The number of piperidine rings is 1. The van der Waals surface area contributed by atoms with Gasteiger partial charge in [0.2, 0.25) is 0 Å². The summed E-state index contributed by atoms with van der Waals surface area (Å²) in [7, 11) is 0. The highest BCUT2D eigenvalue weighted by Crippen LogP contribution is 2.35. The molecule has 3 nitrogen and oxygen atoms in total. The van der Waals surface area contributed by atoms with Gasteiger partial charge in [0.15, 0.2) is 0 Å². The van der Waals surface area contributed by atoms with Crippen molar-refractivity contribution in [1.29, 1.82) is 0 Å². The molecule has 1 aliphatic heterocycles. The fraction of sp³-hybridized carbons (Fsp3) is 0.462. The molecule has 20 heavy (non-hydrogen) atoms. The molecule has 0 bridgehead atoms. The summed E-state index contributed by atoms with van der Waals surface area (Å²) in [5, 5.41) is 0. The number of benzene rings is 1. The molecule has 1 aromatic carbocycles. The Balaban J connectivity index is 2.23. The van der Waals surface area contributed by atoms with Gasteiger partial charge in [-0.3, -0.25) is 4.79 Å². The number of alkyl halides is 3. The molecule has 1 aromatic rings. The van der Waals surface area contributed by atoms with E-state index in [1.807, 2.05) is 0 Å². The summed E-state index contributed by atoms with van der Waals surface area (Å²) in [6, 6.07) is 3.61. The maximum atomic E-state index is 12.8. The third kappa shape index (κ3) is 3.32. The van der Waals surface area contributed by atoms with E-state index in [1.54, 1.807) is 4.90 Å². The molecule has 1 saturated heterocycles. The van der Waals surface area contributed by atoms with Crippen LogP contribution in [-0.2, 0) is 6.18 Å². The molecule has 1 amide bonds. The molecule has 0 radical (unpaired) electrons. The van der Waals surface area contributed by atoms with Crippen LogP contribution < -0.4 is 5.73 Å². The van der Waals surface area contributed by atoms with Gasteiger partial charge >= 0.3 is 6.18 Å². The number of carbonyl (C=O) groups excluding carboxylic acids is 1. The van der Waals surface area contributed by atoms with Crippen LogP contribution in [0, 0.1) is 0 Å². The lowest BCUT2D eigenvalue weighted by Gasteiger charge is -2.30. The molecule has 7 heteroatoms. The molecule has 0 saturated carbocycles. The van der Waals surface area contributed by atoms with Crippen LogP contribution in [0.2, 0.25) is 0 Å². The minimum Gasteiger partial charge on any atom is -0.339 e. The largest absolute Gasteiger partial charge is 0.417 e. The highest BCUT2D eigenvalue weighted by Gasteiger charge is 2.34. The Labute approximate surface area is 123 Å². The van der Waals surface area contributed by atoms with E-state index in [0.29, 0.717) is 25.9 Å². The van der Waals surface area contributed by atoms with Crippen molar-refractivity contribution in [1.82, 2.24) is 4.90 Å². The zero-order valence-corrected chi connectivity index (χ0v) is 12.2. The zero-order chi connectivity index (χ0) is 14.9. The number of nitrogens with zero attached hydrogens (tertiary/aromatic N) is 1. The summed E-state index contributed by atoms with van der Waals surface area (Å²) >= 11 is 2.86. The first-order valence-corrected chi connectivity index (χ1v) is 7.00. The molecule has 110 valence electrons. The van der Waals surface area contributed by atoms with Gasteiger partial charge in [-0.15, -0.1) is 0 Å². The summed E-state index contributed by atoms with van der Waals surface area (Å²) in [4.78, 5) is 13.7. The topological polar surface area (TPSA) is 46.3 Å². The lowest BCUT2D eigenvalue weighted by atomic mass is 10.0. The monoisotopic (exact) mass is 350 g/mol. The molecule has 0 unspecified atom stereocenters. The number of likely N-dealkylation sites (tertiary alicyclic amines) is 1. The van der Waals surface area contributed by atoms with E-state index in [1.165, 1.54) is 12.1 Å². The molecule has 1 fully saturated rings. The number of nitrogens with two attached hydrogens (primary N) is 1. The van der Waals surface area contributed by atoms with Gasteiger partial charge in [-0.1, -0.05) is 15.9 Å². The Morgan fingerprint density at radius 1 is 1.30 bits per heavy atom. The predicted molar refractivity (Wildman–Crippen MR) is 72.3 cm³/mol. The Hall–Kier alpha value is -1.08. The van der Waals surface area contributed by atoms with E-state index < -0.39 is 11.7 Å². The summed E-state index contributed by atoms with van der Waals surface area (Å²) in [6.45, 7) is 0.967. The number of carbonyl (C=O) groups is 1. The second kappa shape index (κ2) is 5.73. The standard InChI is InChI=1S/C13H14BrF3N2O/c14-11-2-1-8(7-10(11)13(15,16)17)12(20)19-5-3-9(18)4-6-19/h1-2,7,9H,3-6,18H2. The Kier molecular flexibility index (Phi) is 4.39. The quantitative estimate of drug-likeness (QED) is 0.846. The fourth-order valence-electron chi connectivity index (χ4n) is 2.16. The van der Waals surface area contributed by atoms with Crippen LogP contribution in [0.5, 0.6) is 0 Å². The van der Waals surface area contributed by atoms with Crippen molar-refractivity contribution < 1.29 is 18.0 Å². The van der Waals surface area contributed by atoms with Crippen LogP contribution in [-0.4, -0.2) is 29.9 Å². The molecule has 0 aliphatic carbocycles. The van der Waals surface area contributed by atoms with Crippen LogP contribution >= 0.6 is 15.9 Å². The molecule has 0 aromatic heterocycles. The molecule has 0 atom stereocenters. The first-order chi connectivity index (χ1) is 9.29. The third-order valence-corrected chi connectivity index (χ3v) is 4.04. The van der Waals surface area contributed by atoms with Crippen molar-refractivity contribution in [2.24, 2.45) is 5.73 Å². The minimum atomic E-state index is -4.49. The minimum absolute atomic E-state index is 0.0518. The Bertz CT molecular complexity index is 511. The van der Waals surface area contributed by atoms with Crippen molar-refractivity contribution in [2.45, 2.75) is 25.1 Å². The van der Waals surface area contributed by atoms with Crippen molar-refractivity contribution in [3.63, 3.8) is 0 Å². The van der Waals surface area contributed by atoms with E-state index in [4.69, 9.17) is 5.73 Å². The van der Waals surface area contributed by atoms with Gasteiger partial charge in [-0.2, -0.15) is 13.2 Å². The van der Waals surface area contributed by atoms with Crippen molar-refractivity contribution in [3.8, 4) is 0 Å². The highest BCUT2D eigenvalue weighted by atomic mass is 79.9. The van der Waals surface area contributed by atoms with E-state index in [2.05, 4.69) is 15.9 Å². The highest BCUT2D eigenvalue weighted by molar-refractivity contribution is 9.10. The number of halogens is 4. The summed E-state index contributed by atoms with van der Waals surface area (Å²) in [5.74, 6) is -0.380. The van der Waals surface area contributed by atoms with Gasteiger partial charge in [-0.25, -0.2) is 0 Å². The second-order valence-corrected chi connectivity index (χ2v) is 5.68. The van der Waals surface area contributed by atoms with Gasteiger partial charge in [-0.05, 0) is 31.0 Å². The maximum absolute atomic E-state index is 12.8. The Morgan fingerprint density at radius 3 is 2.45 bits per heavy atom. The van der Waals surface area contributed by atoms with Crippen LogP contribution in [0.4, 0.5) is 13.2 Å². The smallest absolute Gasteiger partial charge is 0.339 e. The molecular formula is C13H14BrF3N2O. The fourth-order valence-corrected chi connectivity index (χ4v) is 2.63. The van der Waals surface area contributed by atoms with E-state index in [-0.39, 0.29) is 22.0 Å². The summed E-state index contributed by atoms with van der Waals surface area (Å²) in [6.07, 6.45) is -3.14.